The Morgan fingerprint density at radius 1 is 1.50 bits per heavy atom. The molecule has 1 aliphatic rings. The maximum atomic E-state index is 12.3. The molecule has 1 aromatic rings. The van der Waals surface area contributed by atoms with Crippen LogP contribution in [0, 0.1) is 6.92 Å². The summed E-state index contributed by atoms with van der Waals surface area (Å²) in [6.07, 6.45) is 0.717. The molecule has 1 aromatic carbocycles. The fraction of sp³-hybridized carbons (Fsp3) is 0.500. The van der Waals surface area contributed by atoms with Crippen LogP contribution in [0.5, 0.6) is 0 Å². The predicted molar refractivity (Wildman–Crippen MR) is 68.6 cm³/mol. The molecule has 18 heavy (non-hydrogen) atoms. The molecule has 1 aliphatic heterocycles. The number of hydrogen-bond acceptors (Lipinski definition) is 4. The molecule has 1 heterocycles. The average molecular weight is 270 g/mol. The van der Waals surface area contributed by atoms with E-state index in [0.717, 1.165) is 17.5 Å². The van der Waals surface area contributed by atoms with Crippen molar-refractivity contribution < 1.29 is 13.2 Å². The Labute approximate surface area is 107 Å². The van der Waals surface area contributed by atoms with Gasteiger partial charge in [-0.1, -0.05) is 12.1 Å². The Bertz CT molecular complexity index is 522. The van der Waals surface area contributed by atoms with Gasteiger partial charge in [-0.15, -0.1) is 0 Å². The first-order valence-electron chi connectivity index (χ1n) is 5.92. The van der Waals surface area contributed by atoms with E-state index in [0.29, 0.717) is 24.7 Å². The van der Waals surface area contributed by atoms with Gasteiger partial charge in [0, 0.05) is 19.2 Å². The summed E-state index contributed by atoms with van der Waals surface area (Å²) >= 11 is 0. The predicted octanol–water partition coefficient (Wildman–Crippen LogP) is 0.521. The van der Waals surface area contributed by atoms with Gasteiger partial charge in [-0.05, 0) is 30.5 Å². The van der Waals surface area contributed by atoms with Gasteiger partial charge in [0.1, 0.15) is 0 Å². The third-order valence-electron chi connectivity index (χ3n) is 3.03. The molecule has 2 rings (SSSR count). The van der Waals surface area contributed by atoms with Crippen molar-refractivity contribution in [3.63, 3.8) is 0 Å². The first-order chi connectivity index (χ1) is 8.53. The fourth-order valence-electron chi connectivity index (χ4n) is 1.97. The maximum absolute atomic E-state index is 12.3. The number of ether oxygens (including phenoxy) is 1. The first kappa shape index (κ1) is 13.5. The van der Waals surface area contributed by atoms with Gasteiger partial charge in [0.15, 0.2) is 0 Å². The van der Waals surface area contributed by atoms with Crippen LogP contribution in [0.2, 0.25) is 0 Å². The Balaban J connectivity index is 2.27. The Morgan fingerprint density at radius 2 is 2.28 bits per heavy atom. The van der Waals surface area contributed by atoms with E-state index in [-0.39, 0.29) is 6.04 Å². The van der Waals surface area contributed by atoms with E-state index in [1.54, 1.807) is 19.1 Å². The quantitative estimate of drug-likeness (QED) is 0.836. The van der Waals surface area contributed by atoms with Gasteiger partial charge in [0.2, 0.25) is 10.0 Å². The molecule has 5 nitrogen and oxygen atoms in total. The van der Waals surface area contributed by atoms with Crippen molar-refractivity contribution >= 4 is 10.0 Å². The van der Waals surface area contributed by atoms with Gasteiger partial charge < -0.3 is 10.5 Å². The summed E-state index contributed by atoms with van der Waals surface area (Å²) in [7, 11) is -3.49. The summed E-state index contributed by atoms with van der Waals surface area (Å²) in [5, 5.41) is 0. The maximum Gasteiger partial charge on any atom is 0.241 e. The minimum absolute atomic E-state index is 0.129. The van der Waals surface area contributed by atoms with E-state index in [1.807, 2.05) is 6.07 Å². The molecule has 1 unspecified atom stereocenters. The zero-order valence-electron chi connectivity index (χ0n) is 10.3. The van der Waals surface area contributed by atoms with Gasteiger partial charge in [-0.3, -0.25) is 0 Å². The van der Waals surface area contributed by atoms with Crippen LogP contribution in [0.4, 0.5) is 0 Å². The van der Waals surface area contributed by atoms with Gasteiger partial charge in [0.05, 0.1) is 11.5 Å². The lowest BCUT2D eigenvalue weighted by Crippen LogP contribution is -2.35. The molecule has 0 radical (unpaired) electrons. The molecule has 0 aromatic heterocycles. The number of rotatable bonds is 4. The lowest BCUT2D eigenvalue weighted by molar-refractivity contribution is 0.192. The highest BCUT2D eigenvalue weighted by Crippen LogP contribution is 2.18. The summed E-state index contributed by atoms with van der Waals surface area (Å²) in [5.41, 5.74) is 7.07. The third-order valence-corrected chi connectivity index (χ3v) is 4.69. The van der Waals surface area contributed by atoms with Crippen molar-refractivity contribution in [2.75, 3.05) is 13.2 Å². The zero-order chi connectivity index (χ0) is 13.2. The van der Waals surface area contributed by atoms with Gasteiger partial charge in [-0.25, -0.2) is 13.1 Å². The zero-order valence-corrected chi connectivity index (χ0v) is 11.2. The van der Waals surface area contributed by atoms with Crippen LogP contribution in [0.15, 0.2) is 23.1 Å². The van der Waals surface area contributed by atoms with Crippen LogP contribution < -0.4 is 10.5 Å². The highest BCUT2D eigenvalue weighted by molar-refractivity contribution is 7.89. The number of hydrogen-bond donors (Lipinski definition) is 2. The molecule has 0 aliphatic carbocycles. The molecular weight excluding hydrogens is 252 g/mol. The van der Waals surface area contributed by atoms with Crippen LogP contribution >= 0.6 is 0 Å². The molecule has 6 heteroatoms. The topological polar surface area (TPSA) is 81.4 Å². The van der Waals surface area contributed by atoms with Crippen LogP contribution in [-0.2, 0) is 21.3 Å². The summed E-state index contributed by atoms with van der Waals surface area (Å²) in [6.45, 7) is 3.15. The Hall–Kier alpha value is -0.950. The number of benzene rings is 1. The number of nitrogens with two attached hydrogens (primary N) is 1. The molecule has 1 atom stereocenters. The van der Waals surface area contributed by atoms with E-state index in [9.17, 15) is 8.42 Å². The van der Waals surface area contributed by atoms with Crippen molar-refractivity contribution in [1.82, 2.24) is 4.72 Å². The van der Waals surface area contributed by atoms with Gasteiger partial charge in [-0.2, -0.15) is 0 Å². The Kier molecular flexibility index (Phi) is 4.01. The highest BCUT2D eigenvalue weighted by atomic mass is 32.2. The van der Waals surface area contributed by atoms with Crippen molar-refractivity contribution in [3.8, 4) is 0 Å². The summed E-state index contributed by atoms with van der Waals surface area (Å²) in [6, 6.07) is 5.12. The summed E-state index contributed by atoms with van der Waals surface area (Å²) < 4.78 is 32.4. The fourth-order valence-corrected chi connectivity index (χ4v) is 3.52. The largest absolute Gasteiger partial charge is 0.380 e. The van der Waals surface area contributed by atoms with Crippen molar-refractivity contribution in [2.45, 2.75) is 30.8 Å². The lowest BCUT2D eigenvalue weighted by atomic mass is 10.1. The van der Waals surface area contributed by atoms with Crippen LogP contribution in [0.3, 0.4) is 0 Å². The van der Waals surface area contributed by atoms with E-state index in [4.69, 9.17) is 10.5 Å². The second-order valence-corrected chi connectivity index (χ2v) is 6.17. The minimum atomic E-state index is -3.49. The summed E-state index contributed by atoms with van der Waals surface area (Å²) in [5.74, 6) is 0. The van der Waals surface area contributed by atoms with Crippen LogP contribution in [0.1, 0.15) is 17.5 Å². The summed E-state index contributed by atoms with van der Waals surface area (Å²) in [4.78, 5) is 0.303. The number of nitrogens with one attached hydrogen (secondary N) is 1. The first-order valence-corrected chi connectivity index (χ1v) is 7.41. The van der Waals surface area contributed by atoms with Crippen molar-refractivity contribution in [3.05, 3.63) is 29.3 Å². The minimum Gasteiger partial charge on any atom is -0.380 e. The van der Waals surface area contributed by atoms with Gasteiger partial charge >= 0.3 is 0 Å². The lowest BCUT2D eigenvalue weighted by Gasteiger charge is -2.14. The second kappa shape index (κ2) is 5.36. The monoisotopic (exact) mass is 270 g/mol. The van der Waals surface area contributed by atoms with E-state index < -0.39 is 10.0 Å². The number of sulfonamides is 1. The van der Waals surface area contributed by atoms with E-state index in [1.165, 1.54) is 0 Å². The molecule has 0 amide bonds. The third kappa shape index (κ3) is 2.89. The van der Waals surface area contributed by atoms with Crippen molar-refractivity contribution in [1.29, 1.82) is 0 Å². The van der Waals surface area contributed by atoms with Crippen LogP contribution in [-0.4, -0.2) is 27.7 Å². The smallest absolute Gasteiger partial charge is 0.241 e. The molecule has 1 fully saturated rings. The molecule has 100 valence electrons. The molecule has 1 saturated heterocycles. The molecule has 3 N–H and O–H groups in total. The van der Waals surface area contributed by atoms with Crippen molar-refractivity contribution in [2.24, 2.45) is 5.73 Å². The average Bonchev–Trinajstić information content (AvgIpc) is 2.81. The molecular formula is C12H18N2O3S. The van der Waals surface area contributed by atoms with Crippen LogP contribution in [0.25, 0.3) is 0 Å². The van der Waals surface area contributed by atoms with E-state index in [2.05, 4.69) is 4.72 Å². The standard InChI is InChI=1S/C12H18N2O3S/c1-9-2-3-10(7-13)6-12(9)18(15,16)14-11-4-5-17-8-11/h2-3,6,11,14H,4-5,7-8,13H2,1H3. The normalized spacial score (nSPS) is 20.2. The molecule has 0 bridgehead atoms. The number of aryl methyl sites for hydroxylation is 1. The molecule has 0 spiro atoms. The SMILES string of the molecule is Cc1ccc(CN)cc1S(=O)(=O)NC1CCOC1. The Morgan fingerprint density at radius 3 is 2.89 bits per heavy atom. The highest BCUT2D eigenvalue weighted by Gasteiger charge is 2.24. The van der Waals surface area contributed by atoms with E-state index >= 15 is 0 Å². The molecule has 0 saturated carbocycles. The van der Waals surface area contributed by atoms with Gasteiger partial charge in [0.25, 0.3) is 0 Å². The second-order valence-electron chi connectivity index (χ2n) is 4.49.